The fraction of sp³-hybridized carbons (Fsp3) is 0.333. The molecule has 0 heterocycles. The molecule has 0 aromatic heterocycles. The standard InChI is InChI=1S/C24H32N6O8/c1-15(2)35-27-23(25)29(17-11-7-5-8-12-17)37-21(33)19(31)20(32)22(34)38-30(18-13-9-6-10-14-18)24(26)28-36-16(3)4/h5-16,19-20,31-32H,1-4H3,(H2,25,27)(H2,26,28). The molecular formula is C24H32N6O8. The van der Waals surface area contributed by atoms with Gasteiger partial charge in [0.2, 0.25) is 0 Å². The third kappa shape index (κ3) is 8.83. The molecule has 0 bridgehead atoms. The van der Waals surface area contributed by atoms with Crippen LogP contribution in [0.25, 0.3) is 0 Å². The van der Waals surface area contributed by atoms with Gasteiger partial charge in [0.25, 0.3) is 11.9 Å². The van der Waals surface area contributed by atoms with Gasteiger partial charge in [-0.25, -0.2) is 9.59 Å². The molecule has 2 aromatic rings. The van der Waals surface area contributed by atoms with Crippen molar-refractivity contribution in [3.8, 4) is 0 Å². The molecular weight excluding hydrogens is 500 g/mol. The lowest BCUT2D eigenvalue weighted by molar-refractivity contribution is -0.173. The van der Waals surface area contributed by atoms with Crippen molar-refractivity contribution in [1.29, 1.82) is 0 Å². The summed E-state index contributed by atoms with van der Waals surface area (Å²) in [6, 6.07) is 16.0. The van der Waals surface area contributed by atoms with Gasteiger partial charge in [0, 0.05) is 0 Å². The Balaban J connectivity index is 2.20. The maximum absolute atomic E-state index is 12.7. The number of aliphatic hydroxyl groups is 2. The molecule has 0 spiro atoms. The van der Waals surface area contributed by atoms with Crippen molar-refractivity contribution in [3.63, 3.8) is 0 Å². The summed E-state index contributed by atoms with van der Waals surface area (Å²) in [5.41, 5.74) is 12.3. The summed E-state index contributed by atoms with van der Waals surface area (Å²) >= 11 is 0. The van der Waals surface area contributed by atoms with Crippen LogP contribution in [0, 0.1) is 0 Å². The Hall–Kier alpha value is -4.56. The first-order chi connectivity index (χ1) is 18.0. The highest BCUT2D eigenvalue weighted by Crippen LogP contribution is 2.17. The van der Waals surface area contributed by atoms with Gasteiger partial charge in [-0.05, 0) is 62.3 Å². The van der Waals surface area contributed by atoms with Crippen molar-refractivity contribution < 1.29 is 39.2 Å². The smallest absolute Gasteiger partial charge is 0.364 e. The second-order valence-electron chi connectivity index (χ2n) is 8.18. The van der Waals surface area contributed by atoms with E-state index in [-0.39, 0.29) is 23.6 Å². The van der Waals surface area contributed by atoms with Gasteiger partial charge in [-0.1, -0.05) is 36.4 Å². The second-order valence-corrected chi connectivity index (χ2v) is 8.18. The monoisotopic (exact) mass is 532 g/mol. The molecule has 14 nitrogen and oxygen atoms in total. The van der Waals surface area contributed by atoms with Gasteiger partial charge in [0.15, 0.2) is 12.2 Å². The molecule has 2 unspecified atom stereocenters. The fourth-order valence-corrected chi connectivity index (χ4v) is 2.53. The lowest BCUT2D eigenvalue weighted by atomic mass is 10.2. The van der Waals surface area contributed by atoms with E-state index in [1.54, 1.807) is 64.1 Å². The predicted molar refractivity (Wildman–Crippen MR) is 138 cm³/mol. The molecule has 0 saturated carbocycles. The highest BCUT2D eigenvalue weighted by molar-refractivity contribution is 5.97. The van der Waals surface area contributed by atoms with Crippen molar-refractivity contribution in [1.82, 2.24) is 0 Å². The van der Waals surface area contributed by atoms with Crippen LogP contribution >= 0.6 is 0 Å². The topological polar surface area (TPSA) is 195 Å². The summed E-state index contributed by atoms with van der Waals surface area (Å²) in [7, 11) is 0. The van der Waals surface area contributed by atoms with Crippen molar-refractivity contribution in [2.75, 3.05) is 10.1 Å². The number of aliphatic hydroxyl groups excluding tert-OH is 2. The maximum atomic E-state index is 12.7. The van der Waals surface area contributed by atoms with Gasteiger partial charge in [-0.3, -0.25) is 0 Å². The minimum absolute atomic E-state index is 0.239. The highest BCUT2D eigenvalue weighted by atomic mass is 16.7. The Labute approximate surface area is 219 Å². The number of hydrogen-bond donors (Lipinski definition) is 4. The third-order valence-electron chi connectivity index (χ3n) is 4.26. The van der Waals surface area contributed by atoms with Crippen LogP contribution in [0.4, 0.5) is 11.4 Å². The van der Waals surface area contributed by atoms with Crippen LogP contribution in [0.15, 0.2) is 71.0 Å². The van der Waals surface area contributed by atoms with E-state index in [1.165, 1.54) is 24.3 Å². The van der Waals surface area contributed by atoms with E-state index in [0.29, 0.717) is 0 Å². The highest BCUT2D eigenvalue weighted by Gasteiger charge is 2.37. The van der Waals surface area contributed by atoms with Crippen molar-refractivity contribution >= 4 is 35.2 Å². The molecule has 206 valence electrons. The minimum atomic E-state index is -2.39. The molecule has 2 aromatic carbocycles. The molecule has 2 atom stereocenters. The summed E-state index contributed by atoms with van der Waals surface area (Å²) in [6.07, 6.45) is -5.46. The maximum Gasteiger partial charge on any atom is 0.364 e. The fourth-order valence-electron chi connectivity index (χ4n) is 2.53. The molecule has 38 heavy (non-hydrogen) atoms. The van der Waals surface area contributed by atoms with Gasteiger partial charge in [0.1, 0.15) is 12.2 Å². The summed E-state index contributed by atoms with van der Waals surface area (Å²) in [5.74, 6) is -3.69. The second kappa shape index (κ2) is 14.2. The van der Waals surface area contributed by atoms with Crippen LogP contribution in [0.2, 0.25) is 0 Å². The van der Waals surface area contributed by atoms with E-state index in [0.717, 1.165) is 10.1 Å². The number of para-hydroxylation sites is 2. The average Bonchev–Trinajstić information content (AvgIpc) is 2.91. The number of nitrogens with zero attached hydrogens (tertiary/aromatic N) is 4. The van der Waals surface area contributed by atoms with E-state index >= 15 is 0 Å². The lowest BCUT2D eigenvalue weighted by Gasteiger charge is -2.25. The van der Waals surface area contributed by atoms with Gasteiger partial charge in [-0.2, -0.15) is 0 Å². The van der Waals surface area contributed by atoms with Crippen molar-refractivity contribution in [2.24, 2.45) is 21.8 Å². The SMILES string of the molecule is CC(C)ON=C(N)N(OC(=O)C(O)C(O)C(=O)ON(C(N)=NOC(C)C)c1ccccc1)c1ccccc1. The number of rotatable bonds is 9. The summed E-state index contributed by atoms with van der Waals surface area (Å²) < 4.78 is 0. The third-order valence-corrected chi connectivity index (χ3v) is 4.26. The Morgan fingerprint density at radius 2 is 1.00 bits per heavy atom. The van der Waals surface area contributed by atoms with E-state index in [2.05, 4.69) is 10.3 Å². The van der Waals surface area contributed by atoms with E-state index < -0.39 is 36.1 Å². The van der Waals surface area contributed by atoms with Gasteiger partial charge >= 0.3 is 11.9 Å². The molecule has 0 radical (unpaired) electrons. The number of guanidine groups is 2. The number of carbonyl (C=O) groups is 2. The Bertz CT molecular complexity index is 1010. The zero-order valence-electron chi connectivity index (χ0n) is 21.4. The van der Waals surface area contributed by atoms with Crippen LogP contribution in [0.3, 0.4) is 0 Å². The van der Waals surface area contributed by atoms with Crippen LogP contribution in [0.1, 0.15) is 27.7 Å². The number of hydroxylamine groups is 2. The number of benzene rings is 2. The Morgan fingerprint density at radius 3 is 1.29 bits per heavy atom. The molecule has 0 aliphatic carbocycles. The molecule has 14 heteroatoms. The first kappa shape index (κ1) is 29.7. The summed E-state index contributed by atoms with van der Waals surface area (Å²) in [5, 5.41) is 29.6. The normalized spacial score (nSPS) is 13.5. The minimum Gasteiger partial charge on any atom is -0.390 e. The van der Waals surface area contributed by atoms with E-state index in [9.17, 15) is 19.8 Å². The zero-order chi connectivity index (χ0) is 28.2. The average molecular weight is 533 g/mol. The molecule has 0 saturated heterocycles. The molecule has 2 rings (SSSR count). The number of carbonyl (C=O) groups excluding carboxylic acids is 2. The van der Waals surface area contributed by atoms with Gasteiger partial charge in [0.05, 0.1) is 11.4 Å². The Morgan fingerprint density at radius 1 is 0.684 bits per heavy atom. The zero-order valence-corrected chi connectivity index (χ0v) is 21.4. The molecule has 6 N–H and O–H groups in total. The van der Waals surface area contributed by atoms with E-state index in [1.807, 2.05) is 0 Å². The van der Waals surface area contributed by atoms with E-state index in [4.69, 9.17) is 30.8 Å². The summed E-state index contributed by atoms with van der Waals surface area (Å²) in [4.78, 5) is 45.7. The quantitative estimate of drug-likeness (QED) is 0.203. The number of oxime groups is 2. The van der Waals surface area contributed by atoms with Crippen molar-refractivity contribution in [3.05, 3.63) is 60.7 Å². The molecule has 0 aliphatic heterocycles. The number of nitrogens with two attached hydrogens (primary N) is 2. The number of anilines is 2. The van der Waals surface area contributed by atoms with Gasteiger partial charge < -0.3 is 41.0 Å². The van der Waals surface area contributed by atoms with Crippen molar-refractivity contribution in [2.45, 2.75) is 52.1 Å². The first-order valence-corrected chi connectivity index (χ1v) is 11.5. The lowest BCUT2D eigenvalue weighted by Crippen LogP contribution is -2.49. The van der Waals surface area contributed by atoms with Crippen LogP contribution in [0.5, 0.6) is 0 Å². The number of hydrogen-bond acceptors (Lipinski definition) is 10. The van der Waals surface area contributed by atoms with Crippen LogP contribution < -0.4 is 21.6 Å². The van der Waals surface area contributed by atoms with Crippen LogP contribution in [-0.2, 0) is 28.9 Å². The van der Waals surface area contributed by atoms with Gasteiger partial charge in [-0.15, -0.1) is 10.1 Å². The first-order valence-electron chi connectivity index (χ1n) is 11.5. The largest absolute Gasteiger partial charge is 0.390 e. The molecule has 0 amide bonds. The predicted octanol–water partition coefficient (Wildman–Crippen LogP) is 0.947. The molecule has 0 fully saturated rings. The summed E-state index contributed by atoms with van der Waals surface area (Å²) in [6.45, 7) is 6.80. The molecule has 0 aliphatic rings. The Kier molecular flexibility index (Phi) is 11.1. The van der Waals surface area contributed by atoms with Crippen LogP contribution in [-0.4, -0.2) is 58.5 Å².